The lowest BCUT2D eigenvalue weighted by Gasteiger charge is -2.30. The first-order chi connectivity index (χ1) is 10.0. The van der Waals surface area contributed by atoms with Gasteiger partial charge in [0.2, 0.25) is 10.0 Å². The first-order valence-electron chi connectivity index (χ1n) is 7.02. The van der Waals surface area contributed by atoms with Crippen molar-refractivity contribution < 1.29 is 17.9 Å². The fourth-order valence-electron chi connectivity index (χ4n) is 2.92. The monoisotopic (exact) mass is 346 g/mol. The zero-order chi connectivity index (χ0) is 15.0. The van der Waals surface area contributed by atoms with Crippen molar-refractivity contribution in [2.75, 3.05) is 35.6 Å². The Hall–Kier alpha value is -1.47. The van der Waals surface area contributed by atoms with E-state index >= 15 is 0 Å². The third-order valence-corrected chi connectivity index (χ3v) is 5.81. The van der Waals surface area contributed by atoms with Crippen LogP contribution in [-0.2, 0) is 21.2 Å². The molecule has 0 aliphatic carbocycles. The Labute approximate surface area is 136 Å². The Balaban J connectivity index is 0.00000176. The fraction of sp³-hybridized carbons (Fsp3) is 0.500. The summed E-state index contributed by atoms with van der Waals surface area (Å²) < 4.78 is 30.9. The second-order valence-corrected chi connectivity index (χ2v) is 7.30. The van der Waals surface area contributed by atoms with Gasteiger partial charge in [-0.25, -0.2) is 13.2 Å². The Morgan fingerprint density at radius 3 is 2.77 bits per heavy atom. The summed E-state index contributed by atoms with van der Waals surface area (Å²) in [5.74, 6) is -0.292. The van der Waals surface area contributed by atoms with Gasteiger partial charge in [-0.2, -0.15) is 0 Å². The molecule has 0 spiro atoms. The lowest BCUT2D eigenvalue weighted by atomic mass is 10.1. The van der Waals surface area contributed by atoms with Gasteiger partial charge in [0.25, 0.3) is 0 Å². The summed E-state index contributed by atoms with van der Waals surface area (Å²) in [6.07, 6.45) is 2.29. The van der Waals surface area contributed by atoms with E-state index in [0.29, 0.717) is 24.2 Å². The fourth-order valence-corrected chi connectivity index (χ4v) is 4.58. The van der Waals surface area contributed by atoms with Gasteiger partial charge >= 0.3 is 5.97 Å². The van der Waals surface area contributed by atoms with E-state index in [1.165, 1.54) is 11.4 Å². The van der Waals surface area contributed by atoms with Crippen molar-refractivity contribution in [2.24, 2.45) is 0 Å². The van der Waals surface area contributed by atoms with Crippen molar-refractivity contribution in [1.29, 1.82) is 0 Å². The zero-order valence-corrected chi connectivity index (χ0v) is 13.9. The number of halogens is 1. The predicted molar refractivity (Wildman–Crippen MR) is 87.6 cm³/mol. The van der Waals surface area contributed by atoms with Crippen LogP contribution in [0.1, 0.15) is 28.8 Å². The van der Waals surface area contributed by atoms with E-state index in [4.69, 9.17) is 4.74 Å². The summed E-state index contributed by atoms with van der Waals surface area (Å²) in [7, 11) is -1.97. The smallest absolute Gasteiger partial charge is 0.337 e. The van der Waals surface area contributed by atoms with Crippen LogP contribution in [0, 0.1) is 0 Å². The van der Waals surface area contributed by atoms with Crippen LogP contribution in [0.3, 0.4) is 0 Å². The highest BCUT2D eigenvalue weighted by molar-refractivity contribution is 7.92. The number of hydrogen-bond donors (Lipinski definition) is 1. The average molecular weight is 347 g/mol. The molecule has 0 atom stereocenters. The number of sulfonamides is 1. The molecule has 6 nitrogen and oxygen atoms in total. The Morgan fingerprint density at radius 1 is 1.32 bits per heavy atom. The molecule has 1 aromatic rings. The van der Waals surface area contributed by atoms with Gasteiger partial charge in [0.05, 0.1) is 24.1 Å². The number of nitrogens with one attached hydrogen (secondary N) is 1. The van der Waals surface area contributed by atoms with Gasteiger partial charge in [0, 0.05) is 24.3 Å². The Kier molecular flexibility index (Phi) is 4.87. The topological polar surface area (TPSA) is 75.7 Å². The number of carbonyl (C=O) groups excluding carboxylic acids is 1. The lowest BCUT2D eigenvalue weighted by molar-refractivity contribution is 0.0601. The van der Waals surface area contributed by atoms with Gasteiger partial charge in [-0.05, 0) is 31.4 Å². The van der Waals surface area contributed by atoms with E-state index in [-0.39, 0.29) is 18.2 Å². The van der Waals surface area contributed by atoms with Gasteiger partial charge in [0.15, 0.2) is 0 Å². The number of esters is 1. The number of benzene rings is 1. The molecule has 1 aromatic carbocycles. The normalized spacial score (nSPS) is 18.9. The van der Waals surface area contributed by atoms with E-state index in [2.05, 4.69) is 5.32 Å². The molecule has 2 aliphatic heterocycles. The SMILES string of the molecule is COC(=O)c1cc2c(c(N3CCCCS3(=O)=O)c1)CCN2.Cl. The molecular weight excluding hydrogens is 328 g/mol. The summed E-state index contributed by atoms with van der Waals surface area (Å²) in [6, 6.07) is 3.37. The number of nitrogens with zero attached hydrogens (tertiary/aromatic N) is 1. The number of rotatable bonds is 2. The third-order valence-electron chi connectivity index (χ3n) is 3.96. The molecule has 8 heteroatoms. The molecule has 1 fully saturated rings. The minimum atomic E-state index is -3.29. The minimum Gasteiger partial charge on any atom is -0.465 e. The van der Waals surface area contributed by atoms with Crippen LogP contribution in [0.25, 0.3) is 0 Å². The lowest BCUT2D eigenvalue weighted by Crippen LogP contribution is -2.38. The minimum absolute atomic E-state index is 0. The number of methoxy groups -OCH3 is 1. The van der Waals surface area contributed by atoms with E-state index in [1.807, 2.05) is 0 Å². The van der Waals surface area contributed by atoms with Crippen LogP contribution in [0.15, 0.2) is 12.1 Å². The molecule has 1 N–H and O–H groups in total. The summed E-state index contributed by atoms with van der Waals surface area (Å²) in [5.41, 5.74) is 2.79. The largest absolute Gasteiger partial charge is 0.465 e. The highest BCUT2D eigenvalue weighted by Crippen LogP contribution is 2.36. The van der Waals surface area contributed by atoms with Crippen molar-refractivity contribution >= 4 is 39.8 Å². The number of fused-ring (bicyclic) bond motifs is 1. The van der Waals surface area contributed by atoms with Crippen molar-refractivity contribution in [1.82, 2.24) is 0 Å². The van der Waals surface area contributed by atoms with Crippen LogP contribution in [0.2, 0.25) is 0 Å². The molecule has 0 bridgehead atoms. The van der Waals surface area contributed by atoms with Crippen molar-refractivity contribution in [3.05, 3.63) is 23.3 Å². The maximum absolute atomic E-state index is 12.3. The van der Waals surface area contributed by atoms with Crippen LogP contribution >= 0.6 is 12.4 Å². The van der Waals surface area contributed by atoms with Crippen LogP contribution in [-0.4, -0.2) is 40.3 Å². The molecule has 122 valence electrons. The summed E-state index contributed by atoms with van der Waals surface area (Å²) >= 11 is 0. The second-order valence-electron chi connectivity index (χ2n) is 5.29. The van der Waals surface area contributed by atoms with Crippen molar-refractivity contribution in [3.8, 4) is 0 Å². The maximum atomic E-state index is 12.3. The first kappa shape index (κ1) is 16.9. The van der Waals surface area contributed by atoms with Gasteiger partial charge in [-0.15, -0.1) is 12.4 Å². The molecule has 0 saturated carbocycles. The van der Waals surface area contributed by atoms with E-state index < -0.39 is 16.0 Å². The zero-order valence-electron chi connectivity index (χ0n) is 12.3. The molecule has 2 aliphatic rings. The molecule has 3 rings (SSSR count). The van der Waals surface area contributed by atoms with E-state index in [0.717, 1.165) is 30.6 Å². The molecule has 22 heavy (non-hydrogen) atoms. The molecular formula is C14H19ClN2O4S. The molecule has 0 aromatic heterocycles. The third kappa shape index (κ3) is 2.87. The highest BCUT2D eigenvalue weighted by atomic mass is 35.5. The molecule has 2 heterocycles. The van der Waals surface area contributed by atoms with Gasteiger partial charge in [-0.3, -0.25) is 4.31 Å². The van der Waals surface area contributed by atoms with E-state index in [1.54, 1.807) is 12.1 Å². The van der Waals surface area contributed by atoms with Crippen LogP contribution in [0.4, 0.5) is 11.4 Å². The highest BCUT2D eigenvalue weighted by Gasteiger charge is 2.30. The van der Waals surface area contributed by atoms with Crippen LogP contribution in [0.5, 0.6) is 0 Å². The maximum Gasteiger partial charge on any atom is 0.337 e. The summed E-state index contributed by atoms with van der Waals surface area (Å²) in [6.45, 7) is 1.22. The number of anilines is 2. The Morgan fingerprint density at radius 2 is 2.09 bits per heavy atom. The van der Waals surface area contributed by atoms with Gasteiger partial charge < -0.3 is 10.1 Å². The average Bonchev–Trinajstić information content (AvgIpc) is 2.93. The summed E-state index contributed by atoms with van der Waals surface area (Å²) in [5, 5.41) is 3.20. The Bertz CT molecular complexity index is 690. The van der Waals surface area contributed by atoms with Crippen molar-refractivity contribution in [2.45, 2.75) is 19.3 Å². The van der Waals surface area contributed by atoms with Gasteiger partial charge in [0.1, 0.15) is 0 Å². The quantitative estimate of drug-likeness (QED) is 0.826. The van der Waals surface area contributed by atoms with E-state index in [9.17, 15) is 13.2 Å². The summed E-state index contributed by atoms with van der Waals surface area (Å²) in [4.78, 5) is 11.8. The number of hydrogen-bond acceptors (Lipinski definition) is 5. The predicted octanol–water partition coefficient (Wildman–Crippen LogP) is 1.79. The number of ether oxygens (including phenoxy) is 1. The molecule has 1 saturated heterocycles. The molecule has 0 unspecified atom stereocenters. The number of carbonyl (C=O) groups is 1. The van der Waals surface area contributed by atoms with Crippen LogP contribution < -0.4 is 9.62 Å². The van der Waals surface area contributed by atoms with Gasteiger partial charge in [-0.1, -0.05) is 0 Å². The first-order valence-corrected chi connectivity index (χ1v) is 8.63. The van der Waals surface area contributed by atoms with Crippen molar-refractivity contribution in [3.63, 3.8) is 0 Å². The molecule has 0 amide bonds. The molecule has 0 radical (unpaired) electrons. The standard InChI is InChI=1S/C14H18N2O4S.ClH/c1-20-14(17)10-8-12-11(4-5-15-12)13(9-10)16-6-2-3-7-21(16,18)19;/h8-9,15H,2-7H2,1H3;1H. The second kappa shape index (κ2) is 6.34.